The van der Waals surface area contributed by atoms with Crippen molar-refractivity contribution < 1.29 is 4.79 Å². The molecule has 0 radical (unpaired) electrons. The monoisotopic (exact) mass is 255 g/mol. The number of rotatable bonds is 4. The molecule has 2 N–H and O–H groups in total. The van der Waals surface area contributed by atoms with Crippen molar-refractivity contribution in [2.45, 2.75) is 52.1 Å². The summed E-state index contributed by atoms with van der Waals surface area (Å²) in [7, 11) is 4.11. The molecule has 0 aromatic rings. The van der Waals surface area contributed by atoms with Crippen LogP contribution in [0.3, 0.4) is 0 Å². The zero-order chi connectivity index (χ0) is 13.9. The summed E-state index contributed by atoms with van der Waals surface area (Å²) in [5, 5.41) is 0. The van der Waals surface area contributed by atoms with Crippen molar-refractivity contribution >= 4 is 5.91 Å². The number of likely N-dealkylation sites (tertiary alicyclic amines) is 1. The van der Waals surface area contributed by atoms with E-state index in [1.807, 2.05) is 4.90 Å². The summed E-state index contributed by atoms with van der Waals surface area (Å²) >= 11 is 0. The molecular weight excluding hydrogens is 226 g/mol. The lowest BCUT2D eigenvalue weighted by atomic mass is 9.85. The second kappa shape index (κ2) is 6.02. The van der Waals surface area contributed by atoms with Crippen LogP contribution in [0.4, 0.5) is 0 Å². The van der Waals surface area contributed by atoms with Crippen molar-refractivity contribution in [2.75, 3.05) is 27.2 Å². The van der Waals surface area contributed by atoms with Gasteiger partial charge in [-0.25, -0.2) is 0 Å². The highest BCUT2D eigenvalue weighted by Gasteiger charge is 2.31. The molecule has 1 heterocycles. The highest BCUT2D eigenvalue weighted by molar-refractivity contribution is 5.77. The van der Waals surface area contributed by atoms with E-state index >= 15 is 0 Å². The summed E-state index contributed by atoms with van der Waals surface area (Å²) in [6, 6.07) is 0.310. The Hall–Kier alpha value is -0.610. The van der Waals surface area contributed by atoms with Gasteiger partial charge in [-0.15, -0.1) is 0 Å². The number of amides is 1. The molecule has 1 aliphatic rings. The fraction of sp³-hybridized carbons (Fsp3) is 0.929. The first kappa shape index (κ1) is 15.4. The van der Waals surface area contributed by atoms with Crippen LogP contribution in [0, 0.1) is 5.41 Å². The van der Waals surface area contributed by atoms with Crippen LogP contribution in [0.15, 0.2) is 0 Å². The summed E-state index contributed by atoms with van der Waals surface area (Å²) in [4.78, 5) is 16.5. The van der Waals surface area contributed by atoms with Crippen LogP contribution in [0.1, 0.15) is 40.0 Å². The van der Waals surface area contributed by atoms with E-state index in [2.05, 4.69) is 39.8 Å². The molecule has 2 atom stereocenters. The molecular formula is C14H29N3O. The molecule has 106 valence electrons. The molecule has 1 rings (SSSR count). The van der Waals surface area contributed by atoms with Crippen molar-refractivity contribution in [3.05, 3.63) is 0 Å². The van der Waals surface area contributed by atoms with Gasteiger partial charge in [0.2, 0.25) is 5.91 Å². The van der Waals surface area contributed by atoms with E-state index in [0.717, 1.165) is 25.9 Å². The predicted molar refractivity (Wildman–Crippen MR) is 75.3 cm³/mol. The first-order valence-corrected chi connectivity index (χ1v) is 6.91. The summed E-state index contributed by atoms with van der Waals surface area (Å²) in [5.74, 6) is 0.224. The Morgan fingerprint density at radius 1 is 1.44 bits per heavy atom. The van der Waals surface area contributed by atoms with Crippen LogP contribution in [-0.4, -0.2) is 55.0 Å². The van der Waals surface area contributed by atoms with Gasteiger partial charge >= 0.3 is 0 Å². The van der Waals surface area contributed by atoms with Crippen LogP contribution in [-0.2, 0) is 4.79 Å². The van der Waals surface area contributed by atoms with Gasteiger partial charge in [0.25, 0.3) is 0 Å². The third-order valence-corrected chi connectivity index (χ3v) is 3.78. The zero-order valence-corrected chi connectivity index (χ0v) is 12.6. The maximum absolute atomic E-state index is 12.3. The average molecular weight is 255 g/mol. The zero-order valence-electron chi connectivity index (χ0n) is 12.6. The van der Waals surface area contributed by atoms with E-state index in [-0.39, 0.29) is 17.4 Å². The van der Waals surface area contributed by atoms with Gasteiger partial charge in [0.15, 0.2) is 0 Å². The van der Waals surface area contributed by atoms with Gasteiger partial charge in [0.05, 0.1) is 0 Å². The summed E-state index contributed by atoms with van der Waals surface area (Å²) < 4.78 is 0. The molecule has 1 amide bonds. The first-order valence-electron chi connectivity index (χ1n) is 6.91. The van der Waals surface area contributed by atoms with Gasteiger partial charge in [0, 0.05) is 31.6 Å². The lowest BCUT2D eigenvalue weighted by Gasteiger charge is -2.31. The fourth-order valence-corrected chi connectivity index (χ4v) is 2.39. The summed E-state index contributed by atoms with van der Waals surface area (Å²) in [6.45, 7) is 8.12. The minimum Gasteiger partial charge on any atom is -0.338 e. The molecule has 2 unspecified atom stereocenters. The highest BCUT2D eigenvalue weighted by Crippen LogP contribution is 2.23. The molecule has 4 nitrogen and oxygen atoms in total. The Labute approximate surface area is 111 Å². The Morgan fingerprint density at radius 3 is 2.56 bits per heavy atom. The Morgan fingerprint density at radius 2 is 2.06 bits per heavy atom. The quantitative estimate of drug-likeness (QED) is 0.824. The number of carbonyl (C=O) groups excluding carboxylic acids is 1. The molecule has 0 bridgehead atoms. The lowest BCUT2D eigenvalue weighted by Crippen LogP contribution is -2.45. The largest absolute Gasteiger partial charge is 0.338 e. The van der Waals surface area contributed by atoms with Gasteiger partial charge in [-0.1, -0.05) is 20.8 Å². The number of hydrogen-bond acceptors (Lipinski definition) is 3. The summed E-state index contributed by atoms with van der Waals surface area (Å²) in [6.07, 6.45) is 2.71. The Bertz CT molecular complexity index is 283. The van der Waals surface area contributed by atoms with Gasteiger partial charge < -0.3 is 15.5 Å². The molecule has 4 heteroatoms. The molecule has 1 saturated heterocycles. The van der Waals surface area contributed by atoms with E-state index < -0.39 is 0 Å². The minimum absolute atomic E-state index is 0.00751. The highest BCUT2D eigenvalue weighted by atomic mass is 16.2. The van der Waals surface area contributed by atoms with Crippen LogP contribution in [0.2, 0.25) is 0 Å². The van der Waals surface area contributed by atoms with E-state index in [0.29, 0.717) is 12.5 Å². The molecule has 1 aliphatic heterocycles. The van der Waals surface area contributed by atoms with Crippen molar-refractivity contribution in [3.63, 3.8) is 0 Å². The second-order valence-corrected chi connectivity index (χ2v) is 6.82. The van der Waals surface area contributed by atoms with Crippen molar-refractivity contribution in [3.8, 4) is 0 Å². The molecule has 0 spiro atoms. The minimum atomic E-state index is -0.0643. The number of hydrogen-bond donors (Lipinski definition) is 1. The van der Waals surface area contributed by atoms with E-state index in [1.165, 1.54) is 0 Å². The van der Waals surface area contributed by atoms with Gasteiger partial charge in [-0.2, -0.15) is 0 Å². The number of likely N-dealkylation sites (N-methyl/N-ethyl adjacent to an activating group) is 1. The molecule has 18 heavy (non-hydrogen) atoms. The number of nitrogens with two attached hydrogens (primary N) is 1. The summed E-state index contributed by atoms with van der Waals surface area (Å²) in [5.41, 5.74) is 6.10. The molecule has 0 aromatic carbocycles. The van der Waals surface area contributed by atoms with Gasteiger partial charge in [0.1, 0.15) is 0 Å². The van der Waals surface area contributed by atoms with Gasteiger partial charge in [-0.3, -0.25) is 4.79 Å². The Balaban J connectivity index is 2.55. The fourth-order valence-electron chi connectivity index (χ4n) is 2.39. The van der Waals surface area contributed by atoms with Crippen molar-refractivity contribution in [1.29, 1.82) is 0 Å². The topological polar surface area (TPSA) is 49.6 Å². The maximum atomic E-state index is 12.3. The van der Waals surface area contributed by atoms with Crippen molar-refractivity contribution in [1.82, 2.24) is 9.80 Å². The smallest absolute Gasteiger partial charge is 0.224 e. The van der Waals surface area contributed by atoms with Crippen LogP contribution >= 0.6 is 0 Å². The van der Waals surface area contributed by atoms with Crippen molar-refractivity contribution in [2.24, 2.45) is 11.1 Å². The molecule has 1 fully saturated rings. The standard InChI is InChI=1S/C14H29N3O/c1-14(2,3)12(15)9-13(18)17-8-6-7-11(17)10-16(4)5/h11-12H,6-10,15H2,1-5H3. The SMILES string of the molecule is CN(C)CC1CCCN1C(=O)CC(N)C(C)(C)C. The lowest BCUT2D eigenvalue weighted by molar-refractivity contribution is -0.133. The van der Waals surface area contributed by atoms with Crippen LogP contribution < -0.4 is 5.73 Å². The Kier molecular flexibility index (Phi) is 5.17. The molecule has 0 saturated carbocycles. The second-order valence-electron chi connectivity index (χ2n) is 6.82. The average Bonchev–Trinajstić information content (AvgIpc) is 2.63. The number of carbonyl (C=O) groups is 1. The maximum Gasteiger partial charge on any atom is 0.224 e. The third-order valence-electron chi connectivity index (χ3n) is 3.78. The third kappa shape index (κ3) is 4.25. The number of nitrogens with zero attached hydrogens (tertiary/aromatic N) is 2. The van der Waals surface area contributed by atoms with E-state index in [9.17, 15) is 4.79 Å². The first-order chi connectivity index (χ1) is 8.21. The van der Waals surface area contributed by atoms with Crippen LogP contribution in [0.5, 0.6) is 0 Å². The van der Waals surface area contributed by atoms with Crippen LogP contribution in [0.25, 0.3) is 0 Å². The molecule has 0 aliphatic carbocycles. The normalized spacial score (nSPS) is 22.6. The van der Waals surface area contributed by atoms with Gasteiger partial charge in [-0.05, 0) is 32.4 Å². The van der Waals surface area contributed by atoms with E-state index in [1.54, 1.807) is 0 Å². The van der Waals surface area contributed by atoms with E-state index in [4.69, 9.17) is 5.73 Å². The molecule has 0 aromatic heterocycles. The predicted octanol–water partition coefficient (Wildman–Crippen LogP) is 1.30.